The molecule has 2 N–H and O–H groups in total. The SMILES string of the molecule is CCOC(=O)c1c(C)[nH]c(C(=O)COC(=O)CN2C(=O)N[C@@]3(C[C@@H](C)CC(C)(C)C3)C2=O)c1C. The molecule has 0 aromatic carbocycles. The number of aryl methyl sites for hydroxylation is 1. The van der Waals surface area contributed by atoms with Gasteiger partial charge >= 0.3 is 18.0 Å². The summed E-state index contributed by atoms with van der Waals surface area (Å²) in [4.78, 5) is 66.5. The van der Waals surface area contributed by atoms with E-state index in [1.54, 1.807) is 20.8 Å². The molecule has 2 aliphatic rings. The van der Waals surface area contributed by atoms with Gasteiger partial charge in [-0.3, -0.25) is 19.3 Å². The van der Waals surface area contributed by atoms with Crippen LogP contribution in [0, 0.1) is 25.2 Å². The maximum atomic E-state index is 13.1. The molecule has 34 heavy (non-hydrogen) atoms. The number of esters is 2. The molecule has 2 heterocycles. The van der Waals surface area contributed by atoms with Gasteiger partial charge in [0.25, 0.3) is 5.91 Å². The zero-order valence-electron chi connectivity index (χ0n) is 20.6. The van der Waals surface area contributed by atoms with Crippen molar-refractivity contribution in [3.05, 3.63) is 22.5 Å². The van der Waals surface area contributed by atoms with E-state index in [-0.39, 0.29) is 29.2 Å². The van der Waals surface area contributed by atoms with E-state index in [1.165, 1.54) is 0 Å². The molecule has 3 amide bonds. The molecular weight excluding hydrogens is 442 g/mol. The van der Waals surface area contributed by atoms with Gasteiger partial charge < -0.3 is 19.8 Å². The second-order valence-electron chi connectivity index (χ2n) is 10.2. The number of ketones is 1. The van der Waals surface area contributed by atoms with Crippen LogP contribution in [0.4, 0.5) is 4.79 Å². The predicted octanol–water partition coefficient (Wildman–Crippen LogP) is 2.67. The smallest absolute Gasteiger partial charge is 0.340 e. The number of hydrogen-bond donors (Lipinski definition) is 2. The van der Waals surface area contributed by atoms with E-state index < -0.39 is 48.4 Å². The van der Waals surface area contributed by atoms with Gasteiger partial charge in [-0.25, -0.2) is 9.59 Å². The lowest BCUT2D eigenvalue weighted by Gasteiger charge is -2.43. The molecule has 1 aliphatic heterocycles. The second-order valence-corrected chi connectivity index (χ2v) is 10.2. The van der Waals surface area contributed by atoms with Gasteiger partial charge in [-0.15, -0.1) is 0 Å². The summed E-state index contributed by atoms with van der Waals surface area (Å²) in [5.41, 5.74) is 0.142. The monoisotopic (exact) mass is 475 g/mol. The topological polar surface area (TPSA) is 135 Å². The number of aromatic nitrogens is 1. The minimum Gasteiger partial charge on any atom is -0.462 e. The number of carbonyl (C=O) groups excluding carboxylic acids is 5. The van der Waals surface area contributed by atoms with Crippen LogP contribution in [0.2, 0.25) is 0 Å². The largest absolute Gasteiger partial charge is 0.462 e. The van der Waals surface area contributed by atoms with Crippen LogP contribution >= 0.6 is 0 Å². The molecule has 10 heteroatoms. The molecule has 1 saturated heterocycles. The molecule has 1 aliphatic carbocycles. The first-order valence-electron chi connectivity index (χ1n) is 11.5. The summed E-state index contributed by atoms with van der Waals surface area (Å²) < 4.78 is 10.1. The molecule has 186 valence electrons. The maximum absolute atomic E-state index is 13.1. The van der Waals surface area contributed by atoms with Crippen LogP contribution in [0.1, 0.15) is 79.1 Å². The van der Waals surface area contributed by atoms with Crippen molar-refractivity contribution < 1.29 is 33.4 Å². The van der Waals surface area contributed by atoms with E-state index in [2.05, 4.69) is 24.1 Å². The van der Waals surface area contributed by atoms with Gasteiger partial charge in [-0.05, 0) is 56.9 Å². The third-order valence-electron chi connectivity index (χ3n) is 6.47. The van der Waals surface area contributed by atoms with Crippen LogP contribution in [0.3, 0.4) is 0 Å². The first kappa shape index (κ1) is 25.5. The Hall–Kier alpha value is -3.17. The fraction of sp³-hybridized carbons (Fsp3) is 0.625. The summed E-state index contributed by atoms with van der Waals surface area (Å²) in [6.45, 7) is 10.1. The fourth-order valence-corrected chi connectivity index (χ4v) is 5.58. The molecule has 2 fully saturated rings. The molecule has 3 rings (SSSR count). The Morgan fingerprint density at radius 2 is 1.79 bits per heavy atom. The van der Waals surface area contributed by atoms with Crippen molar-refractivity contribution in [2.24, 2.45) is 11.3 Å². The number of carbonyl (C=O) groups is 5. The summed E-state index contributed by atoms with van der Waals surface area (Å²) in [6, 6.07) is -0.631. The quantitative estimate of drug-likeness (QED) is 0.352. The van der Waals surface area contributed by atoms with E-state index in [4.69, 9.17) is 9.47 Å². The van der Waals surface area contributed by atoms with E-state index in [1.807, 2.05) is 6.92 Å². The molecule has 1 saturated carbocycles. The van der Waals surface area contributed by atoms with Crippen LogP contribution in [0.25, 0.3) is 0 Å². The van der Waals surface area contributed by atoms with Crippen molar-refractivity contribution in [1.29, 1.82) is 0 Å². The Labute approximate surface area is 198 Å². The second kappa shape index (κ2) is 9.23. The Morgan fingerprint density at radius 3 is 2.41 bits per heavy atom. The van der Waals surface area contributed by atoms with Gasteiger partial charge in [0.2, 0.25) is 5.78 Å². The van der Waals surface area contributed by atoms with Crippen molar-refractivity contribution >= 4 is 29.7 Å². The summed E-state index contributed by atoms with van der Waals surface area (Å²) in [5, 5.41) is 2.80. The van der Waals surface area contributed by atoms with Gasteiger partial charge in [0.1, 0.15) is 12.1 Å². The zero-order chi connectivity index (χ0) is 25.4. The van der Waals surface area contributed by atoms with Crippen LogP contribution in [-0.2, 0) is 19.1 Å². The zero-order valence-corrected chi connectivity index (χ0v) is 20.6. The standard InChI is InChI=1S/C24H33N3O7/c1-7-33-20(30)18-14(3)19(25-15(18)4)16(28)11-34-17(29)10-27-21(31)24(26-22(27)32)9-13(2)8-23(5,6)12-24/h13,25H,7-12H2,1-6H3,(H,26,32)/t13-,24+/m0/s1. The lowest BCUT2D eigenvalue weighted by Crippen LogP contribution is -2.54. The van der Waals surface area contributed by atoms with Crippen LogP contribution in [-0.4, -0.2) is 64.8 Å². The van der Waals surface area contributed by atoms with E-state index in [0.717, 1.165) is 11.3 Å². The Morgan fingerprint density at radius 1 is 1.12 bits per heavy atom. The first-order chi connectivity index (χ1) is 15.8. The number of imide groups is 1. The van der Waals surface area contributed by atoms with Gasteiger partial charge in [-0.2, -0.15) is 0 Å². The van der Waals surface area contributed by atoms with Crippen LogP contribution < -0.4 is 5.32 Å². The molecule has 0 radical (unpaired) electrons. The van der Waals surface area contributed by atoms with E-state index in [9.17, 15) is 24.0 Å². The fourth-order valence-electron chi connectivity index (χ4n) is 5.58. The molecular formula is C24H33N3O7. The average molecular weight is 476 g/mol. The first-order valence-corrected chi connectivity index (χ1v) is 11.5. The molecule has 1 aromatic heterocycles. The third kappa shape index (κ3) is 4.85. The number of Topliss-reactive ketones (excluding diaryl/α,β-unsaturated/α-hetero) is 1. The summed E-state index contributed by atoms with van der Waals surface area (Å²) >= 11 is 0. The normalized spacial score (nSPS) is 23.7. The van der Waals surface area contributed by atoms with Gasteiger partial charge in [-0.1, -0.05) is 20.8 Å². The highest BCUT2D eigenvalue weighted by atomic mass is 16.5. The van der Waals surface area contributed by atoms with Crippen molar-refractivity contribution in [3.63, 3.8) is 0 Å². The number of rotatable bonds is 7. The lowest BCUT2D eigenvalue weighted by atomic mass is 9.64. The number of nitrogens with zero attached hydrogens (tertiary/aromatic N) is 1. The highest BCUT2D eigenvalue weighted by Crippen LogP contribution is 2.46. The summed E-state index contributed by atoms with van der Waals surface area (Å²) in [7, 11) is 0. The summed E-state index contributed by atoms with van der Waals surface area (Å²) in [5.74, 6) is -2.15. The number of amides is 3. The van der Waals surface area contributed by atoms with Gasteiger partial charge in [0.15, 0.2) is 6.61 Å². The number of aromatic amines is 1. The molecule has 10 nitrogen and oxygen atoms in total. The number of urea groups is 1. The third-order valence-corrected chi connectivity index (χ3v) is 6.47. The molecule has 2 atom stereocenters. The van der Waals surface area contributed by atoms with Gasteiger partial charge in [0, 0.05) is 5.69 Å². The highest BCUT2D eigenvalue weighted by Gasteiger charge is 2.56. The molecule has 0 unspecified atom stereocenters. The minimum atomic E-state index is -1.02. The van der Waals surface area contributed by atoms with Crippen LogP contribution in [0.15, 0.2) is 0 Å². The molecule has 0 bridgehead atoms. The predicted molar refractivity (Wildman–Crippen MR) is 121 cm³/mol. The Bertz CT molecular complexity index is 1040. The number of H-pyrrole nitrogens is 1. The average Bonchev–Trinajstić information content (AvgIpc) is 3.12. The lowest BCUT2D eigenvalue weighted by molar-refractivity contribution is -0.147. The number of nitrogens with one attached hydrogen (secondary N) is 2. The van der Waals surface area contributed by atoms with Crippen molar-refractivity contribution in [3.8, 4) is 0 Å². The minimum absolute atomic E-state index is 0.127. The summed E-state index contributed by atoms with van der Waals surface area (Å²) in [6.07, 6.45) is 1.95. The highest BCUT2D eigenvalue weighted by molar-refractivity contribution is 6.09. The van der Waals surface area contributed by atoms with E-state index >= 15 is 0 Å². The maximum Gasteiger partial charge on any atom is 0.340 e. The number of hydrogen-bond acceptors (Lipinski definition) is 7. The van der Waals surface area contributed by atoms with Crippen LogP contribution in [0.5, 0.6) is 0 Å². The van der Waals surface area contributed by atoms with Crippen molar-refractivity contribution in [1.82, 2.24) is 15.2 Å². The molecule has 1 aromatic rings. The van der Waals surface area contributed by atoms with Crippen molar-refractivity contribution in [2.45, 2.75) is 66.3 Å². The van der Waals surface area contributed by atoms with Crippen molar-refractivity contribution in [2.75, 3.05) is 19.8 Å². The van der Waals surface area contributed by atoms with Gasteiger partial charge in [0.05, 0.1) is 17.9 Å². The number of ether oxygens (including phenoxy) is 2. The van der Waals surface area contributed by atoms with E-state index in [0.29, 0.717) is 24.1 Å². The Balaban J connectivity index is 1.63. The Kier molecular flexibility index (Phi) is 6.91. The molecule has 1 spiro atoms.